The van der Waals surface area contributed by atoms with Crippen LogP contribution in [-0.4, -0.2) is 20.2 Å². The van der Waals surface area contributed by atoms with Crippen LogP contribution in [0.5, 0.6) is 11.5 Å². The van der Waals surface area contributed by atoms with Crippen molar-refractivity contribution in [2.75, 3.05) is 0 Å². The fourth-order valence-corrected chi connectivity index (χ4v) is 1.58. The standard InChI is InChI=1S/C8H3Cl2FN2O2/c9-7-2-1-3(14)6(15)4(11)5(2)12-8(10)13-7/h1,14-15H. The van der Waals surface area contributed by atoms with E-state index in [4.69, 9.17) is 33.4 Å². The molecule has 0 saturated heterocycles. The third-order valence-corrected chi connectivity index (χ3v) is 2.27. The Morgan fingerprint density at radius 1 is 1.20 bits per heavy atom. The van der Waals surface area contributed by atoms with E-state index in [9.17, 15) is 4.39 Å². The van der Waals surface area contributed by atoms with Gasteiger partial charge in [0.25, 0.3) is 0 Å². The lowest BCUT2D eigenvalue weighted by Gasteiger charge is -2.04. The van der Waals surface area contributed by atoms with Gasteiger partial charge in [0.2, 0.25) is 5.28 Å². The van der Waals surface area contributed by atoms with Crippen LogP contribution in [0.25, 0.3) is 10.9 Å². The van der Waals surface area contributed by atoms with Crippen LogP contribution in [0.2, 0.25) is 10.4 Å². The molecule has 0 bridgehead atoms. The van der Waals surface area contributed by atoms with E-state index >= 15 is 0 Å². The van der Waals surface area contributed by atoms with Crippen molar-refractivity contribution in [3.63, 3.8) is 0 Å². The lowest BCUT2D eigenvalue weighted by Crippen LogP contribution is -1.91. The largest absolute Gasteiger partial charge is 0.504 e. The maximum atomic E-state index is 13.4. The molecular formula is C8H3Cl2FN2O2. The van der Waals surface area contributed by atoms with Crippen LogP contribution >= 0.6 is 23.2 Å². The molecule has 0 spiro atoms. The van der Waals surface area contributed by atoms with E-state index in [0.29, 0.717) is 0 Å². The average Bonchev–Trinajstić information content (AvgIpc) is 2.17. The van der Waals surface area contributed by atoms with Gasteiger partial charge in [-0.3, -0.25) is 0 Å². The van der Waals surface area contributed by atoms with Gasteiger partial charge in [-0.1, -0.05) is 11.6 Å². The minimum atomic E-state index is -1.09. The number of hydrogen-bond donors (Lipinski definition) is 2. The number of fused-ring (bicyclic) bond motifs is 1. The molecule has 1 aromatic heterocycles. The van der Waals surface area contributed by atoms with Crippen molar-refractivity contribution in [2.45, 2.75) is 0 Å². The summed E-state index contributed by atoms with van der Waals surface area (Å²) in [5.41, 5.74) is -0.240. The van der Waals surface area contributed by atoms with Gasteiger partial charge in [0.1, 0.15) is 10.7 Å². The summed E-state index contributed by atoms with van der Waals surface area (Å²) in [4.78, 5) is 7.14. The third-order valence-electron chi connectivity index (χ3n) is 1.81. The molecule has 0 amide bonds. The molecule has 0 aliphatic heterocycles. The molecule has 4 nitrogen and oxygen atoms in total. The Kier molecular flexibility index (Phi) is 2.28. The highest BCUT2D eigenvalue weighted by Gasteiger charge is 2.16. The van der Waals surface area contributed by atoms with Crippen molar-refractivity contribution in [2.24, 2.45) is 0 Å². The summed E-state index contributed by atoms with van der Waals surface area (Å²) in [6.07, 6.45) is 0. The molecule has 0 fully saturated rings. The molecule has 2 aromatic rings. The highest BCUT2D eigenvalue weighted by Crippen LogP contribution is 2.35. The number of aromatic nitrogens is 2. The molecule has 0 aliphatic rings. The van der Waals surface area contributed by atoms with E-state index in [1.165, 1.54) is 0 Å². The number of benzene rings is 1. The van der Waals surface area contributed by atoms with Gasteiger partial charge in [0, 0.05) is 5.39 Å². The monoisotopic (exact) mass is 248 g/mol. The van der Waals surface area contributed by atoms with Crippen LogP contribution in [0.3, 0.4) is 0 Å². The molecule has 0 aliphatic carbocycles. The Bertz CT molecular complexity index is 562. The molecule has 78 valence electrons. The fraction of sp³-hybridized carbons (Fsp3) is 0. The van der Waals surface area contributed by atoms with Crippen LogP contribution in [0.4, 0.5) is 4.39 Å². The summed E-state index contributed by atoms with van der Waals surface area (Å²) in [6, 6.07) is 1.06. The lowest BCUT2D eigenvalue weighted by molar-refractivity contribution is 0.381. The van der Waals surface area contributed by atoms with Gasteiger partial charge < -0.3 is 10.2 Å². The Balaban J connectivity index is 2.98. The van der Waals surface area contributed by atoms with E-state index in [-0.39, 0.29) is 21.3 Å². The highest BCUT2D eigenvalue weighted by atomic mass is 35.5. The van der Waals surface area contributed by atoms with Crippen LogP contribution in [0.15, 0.2) is 6.07 Å². The van der Waals surface area contributed by atoms with Crippen LogP contribution < -0.4 is 0 Å². The number of phenols is 2. The first-order valence-corrected chi connectivity index (χ1v) is 4.49. The molecule has 7 heteroatoms. The van der Waals surface area contributed by atoms with Gasteiger partial charge in [0.05, 0.1) is 0 Å². The zero-order chi connectivity index (χ0) is 11.2. The van der Waals surface area contributed by atoms with Gasteiger partial charge in [-0.15, -0.1) is 0 Å². The zero-order valence-corrected chi connectivity index (χ0v) is 8.51. The van der Waals surface area contributed by atoms with Crippen molar-refractivity contribution in [3.8, 4) is 11.5 Å². The number of hydrogen-bond acceptors (Lipinski definition) is 4. The minimum Gasteiger partial charge on any atom is -0.504 e. The average molecular weight is 249 g/mol. The van der Waals surface area contributed by atoms with Crippen LogP contribution in [0, 0.1) is 5.82 Å². The minimum absolute atomic E-state index is 0.0777. The van der Waals surface area contributed by atoms with Crippen LogP contribution in [0.1, 0.15) is 0 Å². The smallest absolute Gasteiger partial charge is 0.224 e. The van der Waals surface area contributed by atoms with Crippen molar-refractivity contribution in [1.82, 2.24) is 9.97 Å². The normalized spacial score (nSPS) is 10.9. The van der Waals surface area contributed by atoms with E-state index in [1.54, 1.807) is 0 Å². The highest BCUT2D eigenvalue weighted by molar-refractivity contribution is 6.35. The number of aromatic hydroxyl groups is 2. The number of nitrogens with zero attached hydrogens (tertiary/aromatic N) is 2. The first kappa shape index (κ1) is 10.2. The summed E-state index contributed by atoms with van der Waals surface area (Å²) < 4.78 is 13.4. The Hall–Kier alpha value is -1.33. The fourth-order valence-electron chi connectivity index (χ4n) is 1.14. The van der Waals surface area contributed by atoms with Crippen molar-refractivity contribution in [1.29, 1.82) is 0 Å². The first-order valence-electron chi connectivity index (χ1n) is 3.74. The van der Waals surface area contributed by atoms with Gasteiger partial charge in [-0.2, -0.15) is 0 Å². The lowest BCUT2D eigenvalue weighted by atomic mass is 10.2. The molecule has 0 radical (unpaired) electrons. The molecule has 15 heavy (non-hydrogen) atoms. The summed E-state index contributed by atoms with van der Waals surface area (Å²) in [7, 11) is 0. The Morgan fingerprint density at radius 2 is 1.87 bits per heavy atom. The molecule has 0 atom stereocenters. The summed E-state index contributed by atoms with van der Waals surface area (Å²) >= 11 is 11.1. The molecule has 1 aromatic carbocycles. The van der Waals surface area contributed by atoms with Gasteiger partial charge in [-0.05, 0) is 17.7 Å². The predicted octanol–water partition coefficient (Wildman–Crippen LogP) is 2.49. The van der Waals surface area contributed by atoms with Crippen molar-refractivity contribution < 1.29 is 14.6 Å². The van der Waals surface area contributed by atoms with Gasteiger partial charge >= 0.3 is 0 Å². The maximum absolute atomic E-state index is 13.4. The number of rotatable bonds is 0. The van der Waals surface area contributed by atoms with E-state index in [1.807, 2.05) is 0 Å². The quantitative estimate of drug-likeness (QED) is 0.427. The third kappa shape index (κ3) is 1.53. The summed E-state index contributed by atoms with van der Waals surface area (Å²) in [6.45, 7) is 0. The van der Waals surface area contributed by atoms with Gasteiger partial charge in [0.15, 0.2) is 17.3 Å². The zero-order valence-electron chi connectivity index (χ0n) is 7.00. The summed E-state index contributed by atoms with van der Waals surface area (Å²) in [5.74, 6) is -2.61. The first-order chi connectivity index (χ1) is 7.00. The van der Waals surface area contributed by atoms with E-state index in [2.05, 4.69) is 9.97 Å². The number of phenolic OH excluding ortho intramolecular Hbond substituents is 2. The molecule has 0 unspecified atom stereocenters. The van der Waals surface area contributed by atoms with E-state index < -0.39 is 17.3 Å². The second-order valence-corrected chi connectivity index (χ2v) is 3.43. The van der Waals surface area contributed by atoms with Crippen molar-refractivity contribution in [3.05, 3.63) is 22.3 Å². The predicted molar refractivity (Wildman–Crippen MR) is 52.8 cm³/mol. The molecule has 2 rings (SSSR count). The molecule has 0 saturated carbocycles. The van der Waals surface area contributed by atoms with E-state index in [0.717, 1.165) is 6.07 Å². The number of halogens is 3. The SMILES string of the molecule is Oc1cc2c(Cl)nc(Cl)nc2c(F)c1O. The maximum Gasteiger partial charge on any atom is 0.224 e. The molecule has 1 heterocycles. The Labute approximate surface area is 92.9 Å². The van der Waals surface area contributed by atoms with Crippen LogP contribution in [-0.2, 0) is 0 Å². The molecule has 2 N–H and O–H groups in total. The summed E-state index contributed by atoms with van der Waals surface area (Å²) in [5, 5.41) is 18.0. The van der Waals surface area contributed by atoms with Crippen molar-refractivity contribution >= 4 is 34.1 Å². The Morgan fingerprint density at radius 3 is 2.53 bits per heavy atom. The second kappa shape index (κ2) is 3.36. The topological polar surface area (TPSA) is 66.2 Å². The second-order valence-electron chi connectivity index (χ2n) is 2.74. The van der Waals surface area contributed by atoms with Gasteiger partial charge in [-0.25, -0.2) is 14.4 Å². The molecular weight excluding hydrogens is 246 g/mol.